The molecule has 0 aromatic heterocycles. The van der Waals surface area contributed by atoms with E-state index in [1.54, 1.807) is 0 Å². The first kappa shape index (κ1) is 15.7. The number of rotatable bonds is 7. The molecular formula is C13H28N4. The Labute approximate surface area is 106 Å². The van der Waals surface area contributed by atoms with Crippen LogP contribution in [0.3, 0.4) is 0 Å². The minimum Gasteiger partial charge on any atom is -0.393 e. The van der Waals surface area contributed by atoms with Crippen LogP contribution in [0.25, 0.3) is 0 Å². The van der Waals surface area contributed by atoms with Crippen LogP contribution in [0, 0.1) is 0 Å². The molecule has 0 unspecified atom stereocenters. The van der Waals surface area contributed by atoms with Gasteiger partial charge in [-0.25, -0.2) is 0 Å². The second-order valence-corrected chi connectivity index (χ2v) is 4.76. The first-order valence-electron chi connectivity index (χ1n) is 6.06. The maximum atomic E-state index is 3.18. The van der Waals surface area contributed by atoms with E-state index in [4.69, 9.17) is 0 Å². The van der Waals surface area contributed by atoms with E-state index in [1.165, 1.54) is 5.70 Å². The SMILES string of the molecule is CCN/C=C\N(C)C(C)(C)/C(=C\NC)N(C)C. The fourth-order valence-corrected chi connectivity index (χ4v) is 1.64. The number of hydrogen-bond acceptors (Lipinski definition) is 4. The fraction of sp³-hybridized carbons (Fsp3) is 0.692. The Kier molecular flexibility index (Phi) is 6.54. The highest BCUT2D eigenvalue weighted by atomic mass is 15.2. The molecule has 0 aromatic carbocycles. The quantitative estimate of drug-likeness (QED) is 0.704. The molecule has 0 aliphatic heterocycles. The highest BCUT2D eigenvalue weighted by molar-refractivity contribution is 5.16. The Morgan fingerprint density at radius 3 is 2.24 bits per heavy atom. The summed E-state index contributed by atoms with van der Waals surface area (Å²) in [5.41, 5.74) is 1.15. The van der Waals surface area contributed by atoms with E-state index in [0.717, 1.165) is 6.54 Å². The Balaban J connectivity index is 4.88. The third kappa shape index (κ3) is 4.59. The van der Waals surface area contributed by atoms with Gasteiger partial charge in [0.1, 0.15) is 0 Å². The van der Waals surface area contributed by atoms with Gasteiger partial charge < -0.3 is 20.4 Å². The Hall–Kier alpha value is -1.32. The van der Waals surface area contributed by atoms with Gasteiger partial charge in [0, 0.05) is 53.3 Å². The predicted molar refractivity (Wildman–Crippen MR) is 75.5 cm³/mol. The van der Waals surface area contributed by atoms with Crippen molar-refractivity contribution in [2.45, 2.75) is 26.3 Å². The van der Waals surface area contributed by atoms with Gasteiger partial charge in [0.05, 0.1) is 11.2 Å². The molecule has 2 N–H and O–H groups in total. The van der Waals surface area contributed by atoms with Gasteiger partial charge in [0.25, 0.3) is 0 Å². The number of hydrogen-bond donors (Lipinski definition) is 2. The zero-order valence-electron chi connectivity index (χ0n) is 12.3. The summed E-state index contributed by atoms with van der Waals surface area (Å²) in [6.07, 6.45) is 6.09. The summed E-state index contributed by atoms with van der Waals surface area (Å²) >= 11 is 0. The van der Waals surface area contributed by atoms with Crippen molar-refractivity contribution in [3.63, 3.8) is 0 Å². The van der Waals surface area contributed by atoms with E-state index < -0.39 is 0 Å². The zero-order valence-corrected chi connectivity index (χ0v) is 12.3. The number of nitrogens with one attached hydrogen (secondary N) is 2. The molecule has 0 saturated carbocycles. The summed E-state index contributed by atoms with van der Waals surface area (Å²) in [6.45, 7) is 7.43. The molecule has 0 amide bonds. The molecule has 0 bridgehead atoms. The van der Waals surface area contributed by atoms with Crippen LogP contribution in [0.1, 0.15) is 20.8 Å². The van der Waals surface area contributed by atoms with Crippen molar-refractivity contribution < 1.29 is 0 Å². The van der Waals surface area contributed by atoms with Crippen molar-refractivity contribution >= 4 is 0 Å². The summed E-state index contributed by atoms with van der Waals surface area (Å²) in [7, 11) is 8.13. The molecule has 0 saturated heterocycles. The van der Waals surface area contributed by atoms with Gasteiger partial charge >= 0.3 is 0 Å². The van der Waals surface area contributed by atoms with E-state index in [2.05, 4.69) is 68.5 Å². The highest BCUT2D eigenvalue weighted by Gasteiger charge is 2.27. The van der Waals surface area contributed by atoms with Crippen molar-refractivity contribution in [1.29, 1.82) is 0 Å². The standard InChI is InChI=1S/C13H28N4/c1-8-15-9-10-17(7)13(2,3)12(11-14-4)16(5)6/h9-11,14-15H,8H2,1-7H3/b10-9-,12-11+. The van der Waals surface area contributed by atoms with Crippen LogP contribution in [0.15, 0.2) is 24.3 Å². The molecule has 0 radical (unpaired) electrons. The maximum Gasteiger partial charge on any atom is 0.0750 e. The molecule has 0 fully saturated rings. The van der Waals surface area contributed by atoms with Crippen LogP contribution in [0.2, 0.25) is 0 Å². The molecule has 0 aliphatic rings. The molecule has 17 heavy (non-hydrogen) atoms. The molecule has 4 heteroatoms. The molecule has 0 spiro atoms. The normalized spacial score (nSPS) is 12.8. The highest BCUT2D eigenvalue weighted by Crippen LogP contribution is 2.23. The lowest BCUT2D eigenvalue weighted by Crippen LogP contribution is -2.44. The third-order valence-electron chi connectivity index (χ3n) is 2.89. The first-order valence-corrected chi connectivity index (χ1v) is 6.06. The average Bonchev–Trinajstić information content (AvgIpc) is 2.25. The molecule has 0 aromatic rings. The third-order valence-corrected chi connectivity index (χ3v) is 2.89. The molecule has 0 rings (SSSR count). The van der Waals surface area contributed by atoms with Crippen molar-refractivity contribution in [3.8, 4) is 0 Å². The molecule has 0 atom stereocenters. The predicted octanol–water partition coefficient (Wildman–Crippen LogP) is 1.40. The summed E-state index contributed by atoms with van der Waals surface area (Å²) in [5.74, 6) is 0. The first-order chi connectivity index (χ1) is 7.87. The van der Waals surface area contributed by atoms with Crippen LogP contribution in [0.5, 0.6) is 0 Å². The van der Waals surface area contributed by atoms with Gasteiger partial charge in [-0.1, -0.05) is 0 Å². The number of nitrogens with zero attached hydrogens (tertiary/aromatic N) is 2. The zero-order chi connectivity index (χ0) is 13.5. The second kappa shape index (κ2) is 7.09. The molecule has 0 aliphatic carbocycles. The summed E-state index contributed by atoms with van der Waals surface area (Å²) in [4.78, 5) is 4.33. The van der Waals surface area contributed by atoms with Crippen LogP contribution in [0.4, 0.5) is 0 Å². The topological polar surface area (TPSA) is 30.5 Å². The maximum absolute atomic E-state index is 3.18. The molecule has 0 heterocycles. The summed E-state index contributed by atoms with van der Waals surface area (Å²) < 4.78 is 0. The van der Waals surface area contributed by atoms with E-state index in [1.807, 2.05) is 19.4 Å². The van der Waals surface area contributed by atoms with Gasteiger partial charge in [0.15, 0.2) is 0 Å². The molecular weight excluding hydrogens is 212 g/mol. The van der Waals surface area contributed by atoms with Crippen molar-refractivity contribution in [2.75, 3.05) is 34.7 Å². The van der Waals surface area contributed by atoms with Crippen LogP contribution >= 0.6 is 0 Å². The lowest BCUT2D eigenvalue weighted by molar-refractivity contribution is 0.221. The van der Waals surface area contributed by atoms with E-state index in [-0.39, 0.29) is 5.54 Å². The van der Waals surface area contributed by atoms with Crippen LogP contribution in [-0.2, 0) is 0 Å². The van der Waals surface area contributed by atoms with E-state index >= 15 is 0 Å². The average molecular weight is 240 g/mol. The van der Waals surface area contributed by atoms with Crippen molar-refractivity contribution in [2.24, 2.45) is 0 Å². The van der Waals surface area contributed by atoms with Gasteiger partial charge in [-0.05, 0) is 20.8 Å². The lowest BCUT2D eigenvalue weighted by atomic mass is 9.98. The van der Waals surface area contributed by atoms with Crippen molar-refractivity contribution in [1.82, 2.24) is 20.4 Å². The van der Waals surface area contributed by atoms with Crippen LogP contribution < -0.4 is 10.6 Å². The summed E-state index contributed by atoms with van der Waals surface area (Å²) in [6, 6.07) is 0. The van der Waals surface area contributed by atoms with Crippen molar-refractivity contribution in [3.05, 3.63) is 24.3 Å². The molecule has 100 valence electrons. The summed E-state index contributed by atoms with van der Waals surface area (Å²) in [5, 5.41) is 6.29. The van der Waals surface area contributed by atoms with Gasteiger partial charge in [-0.3, -0.25) is 0 Å². The Morgan fingerprint density at radius 2 is 1.82 bits per heavy atom. The Bertz CT molecular complexity index is 267. The van der Waals surface area contributed by atoms with Crippen LogP contribution in [-0.4, -0.2) is 50.1 Å². The van der Waals surface area contributed by atoms with Gasteiger partial charge in [0.2, 0.25) is 0 Å². The monoisotopic (exact) mass is 240 g/mol. The second-order valence-electron chi connectivity index (χ2n) is 4.76. The minimum atomic E-state index is -0.0710. The Morgan fingerprint density at radius 1 is 1.24 bits per heavy atom. The van der Waals surface area contributed by atoms with E-state index in [9.17, 15) is 0 Å². The smallest absolute Gasteiger partial charge is 0.0750 e. The molecule has 4 nitrogen and oxygen atoms in total. The fourth-order valence-electron chi connectivity index (χ4n) is 1.64. The number of likely N-dealkylation sites (N-methyl/N-ethyl adjacent to an activating group) is 2. The van der Waals surface area contributed by atoms with Gasteiger partial charge in [-0.15, -0.1) is 0 Å². The lowest BCUT2D eigenvalue weighted by Gasteiger charge is -2.40. The largest absolute Gasteiger partial charge is 0.393 e. The van der Waals surface area contributed by atoms with Gasteiger partial charge in [-0.2, -0.15) is 0 Å². The minimum absolute atomic E-state index is 0.0710. The van der Waals surface area contributed by atoms with E-state index in [0.29, 0.717) is 0 Å².